The number of nitrogens with zero attached hydrogens (tertiary/aromatic N) is 1. The quantitative estimate of drug-likeness (QED) is 0.691. The molecule has 1 N–H and O–H groups in total. The lowest BCUT2D eigenvalue weighted by atomic mass is 10.3. The topological polar surface area (TPSA) is 94.2 Å². The van der Waals surface area contributed by atoms with Crippen LogP contribution in [0.4, 0.5) is 5.69 Å². The molecular formula is C20H23ClN2O6S. The summed E-state index contributed by atoms with van der Waals surface area (Å²) in [5, 5.41) is 0.292. The van der Waals surface area contributed by atoms with Crippen LogP contribution in [0.5, 0.6) is 11.5 Å². The van der Waals surface area contributed by atoms with Gasteiger partial charge in [0.15, 0.2) is 6.10 Å². The maximum atomic E-state index is 12.6. The predicted molar refractivity (Wildman–Crippen MR) is 113 cm³/mol. The smallest absolute Gasteiger partial charge is 0.263 e. The Morgan fingerprint density at radius 2 is 1.83 bits per heavy atom. The van der Waals surface area contributed by atoms with E-state index in [1.807, 2.05) is 0 Å². The van der Waals surface area contributed by atoms with Crippen LogP contribution in [0.1, 0.15) is 6.92 Å². The predicted octanol–water partition coefficient (Wildman–Crippen LogP) is 2.78. The summed E-state index contributed by atoms with van der Waals surface area (Å²) in [6, 6.07) is 10.4. The molecule has 1 aliphatic rings. The van der Waals surface area contributed by atoms with Gasteiger partial charge in [-0.1, -0.05) is 11.6 Å². The summed E-state index contributed by atoms with van der Waals surface area (Å²) in [4.78, 5) is 14.2. The highest BCUT2D eigenvalue weighted by atomic mass is 35.5. The van der Waals surface area contributed by atoms with Gasteiger partial charge in [0, 0.05) is 13.1 Å². The molecule has 0 radical (unpaired) electrons. The SMILES string of the molecule is COc1ccc(NS(=O)(=O)c2ccc(O[C@@H](C)C(=O)N3CCOCC3)cc2)cc1Cl. The van der Waals surface area contributed by atoms with Crippen molar-refractivity contribution in [2.24, 2.45) is 0 Å². The third-order valence-corrected chi connectivity index (χ3v) is 6.21. The Kier molecular flexibility index (Phi) is 7.06. The highest BCUT2D eigenvalue weighted by molar-refractivity contribution is 7.92. The highest BCUT2D eigenvalue weighted by Crippen LogP contribution is 2.28. The molecule has 162 valence electrons. The Balaban J connectivity index is 1.65. The van der Waals surface area contributed by atoms with Gasteiger partial charge in [-0.2, -0.15) is 0 Å². The van der Waals surface area contributed by atoms with Crippen LogP contribution in [0.3, 0.4) is 0 Å². The Hall–Kier alpha value is -2.49. The van der Waals surface area contributed by atoms with Gasteiger partial charge in [-0.3, -0.25) is 9.52 Å². The van der Waals surface area contributed by atoms with E-state index in [1.54, 1.807) is 24.0 Å². The van der Waals surface area contributed by atoms with E-state index in [-0.39, 0.29) is 10.8 Å². The molecule has 0 unspecified atom stereocenters. The number of sulfonamides is 1. The van der Waals surface area contributed by atoms with Gasteiger partial charge in [-0.25, -0.2) is 8.42 Å². The van der Waals surface area contributed by atoms with Crippen molar-refractivity contribution < 1.29 is 27.4 Å². The standard InChI is InChI=1S/C20H23ClN2O6S/c1-14(20(24)23-9-11-28-12-10-23)29-16-4-6-17(7-5-16)30(25,26)22-15-3-8-19(27-2)18(21)13-15/h3-8,13-14,22H,9-12H2,1-2H3/t14-/m0/s1. The number of morpholine rings is 1. The number of methoxy groups -OCH3 is 1. The first-order valence-electron chi connectivity index (χ1n) is 9.30. The number of benzene rings is 2. The number of rotatable bonds is 7. The number of halogens is 1. The zero-order valence-corrected chi connectivity index (χ0v) is 18.2. The van der Waals surface area contributed by atoms with Crippen molar-refractivity contribution >= 4 is 33.2 Å². The Bertz CT molecular complexity index is 991. The lowest BCUT2D eigenvalue weighted by molar-refractivity contribution is -0.142. The van der Waals surface area contributed by atoms with Crippen LogP contribution in [0.2, 0.25) is 5.02 Å². The Morgan fingerprint density at radius 1 is 1.17 bits per heavy atom. The van der Waals surface area contributed by atoms with Crippen molar-refractivity contribution in [1.82, 2.24) is 4.90 Å². The van der Waals surface area contributed by atoms with Gasteiger partial charge in [0.05, 0.1) is 35.9 Å². The van der Waals surface area contributed by atoms with E-state index in [9.17, 15) is 13.2 Å². The number of hydrogen-bond acceptors (Lipinski definition) is 6. The third kappa shape index (κ3) is 5.35. The van der Waals surface area contributed by atoms with Crippen molar-refractivity contribution in [3.05, 3.63) is 47.5 Å². The monoisotopic (exact) mass is 454 g/mol. The molecule has 0 aliphatic carbocycles. The van der Waals surface area contributed by atoms with E-state index in [0.717, 1.165) is 0 Å². The van der Waals surface area contributed by atoms with Gasteiger partial charge in [-0.15, -0.1) is 0 Å². The van der Waals surface area contributed by atoms with Gasteiger partial charge in [0.25, 0.3) is 15.9 Å². The molecule has 8 nitrogen and oxygen atoms in total. The minimum atomic E-state index is -3.82. The zero-order valence-electron chi connectivity index (χ0n) is 16.6. The molecule has 0 saturated carbocycles. The van der Waals surface area contributed by atoms with Crippen LogP contribution >= 0.6 is 11.6 Å². The van der Waals surface area contributed by atoms with Crippen LogP contribution in [-0.2, 0) is 19.6 Å². The average Bonchev–Trinajstić information content (AvgIpc) is 2.74. The summed E-state index contributed by atoms with van der Waals surface area (Å²) in [6.07, 6.45) is -0.690. The highest BCUT2D eigenvalue weighted by Gasteiger charge is 2.24. The molecule has 2 aromatic rings. The van der Waals surface area contributed by atoms with E-state index in [2.05, 4.69) is 4.72 Å². The number of ether oxygens (including phenoxy) is 3. The molecule has 10 heteroatoms. The fraction of sp³-hybridized carbons (Fsp3) is 0.350. The summed E-state index contributed by atoms with van der Waals surface area (Å²) in [6.45, 7) is 3.75. The van der Waals surface area contributed by atoms with Gasteiger partial charge >= 0.3 is 0 Å². The van der Waals surface area contributed by atoms with Crippen molar-refractivity contribution in [2.45, 2.75) is 17.9 Å². The summed E-state index contributed by atoms with van der Waals surface area (Å²) >= 11 is 6.04. The van der Waals surface area contributed by atoms with Crippen molar-refractivity contribution in [3.63, 3.8) is 0 Å². The molecule has 1 saturated heterocycles. The second-order valence-corrected chi connectivity index (χ2v) is 8.71. The molecule has 1 aliphatic heterocycles. The molecule has 0 spiro atoms. The van der Waals surface area contributed by atoms with Crippen LogP contribution in [0, 0.1) is 0 Å². The van der Waals surface area contributed by atoms with Crippen molar-refractivity contribution in [1.29, 1.82) is 0 Å². The van der Waals surface area contributed by atoms with Crippen molar-refractivity contribution in [3.8, 4) is 11.5 Å². The maximum Gasteiger partial charge on any atom is 0.263 e. The number of carbonyl (C=O) groups is 1. The molecular weight excluding hydrogens is 432 g/mol. The zero-order chi connectivity index (χ0) is 21.7. The van der Waals surface area contributed by atoms with Gasteiger partial charge in [-0.05, 0) is 49.4 Å². The summed E-state index contributed by atoms with van der Waals surface area (Å²) < 4.78 is 43.7. The largest absolute Gasteiger partial charge is 0.495 e. The van der Waals surface area contributed by atoms with Gasteiger partial charge in [0.2, 0.25) is 0 Å². The maximum absolute atomic E-state index is 12.6. The fourth-order valence-electron chi connectivity index (χ4n) is 2.94. The number of anilines is 1. The molecule has 1 heterocycles. The van der Waals surface area contributed by atoms with Crippen LogP contribution in [0.15, 0.2) is 47.4 Å². The van der Waals surface area contributed by atoms with E-state index in [0.29, 0.717) is 48.5 Å². The first kappa shape index (κ1) is 22.2. The molecule has 0 bridgehead atoms. The molecule has 30 heavy (non-hydrogen) atoms. The van der Waals surface area contributed by atoms with Crippen molar-refractivity contribution in [2.75, 3.05) is 38.1 Å². The number of carbonyl (C=O) groups excluding carboxylic acids is 1. The summed E-state index contributed by atoms with van der Waals surface area (Å²) in [5.74, 6) is 0.713. The van der Waals surface area contributed by atoms with E-state index in [4.69, 9.17) is 25.8 Å². The first-order chi connectivity index (χ1) is 14.3. The lowest BCUT2D eigenvalue weighted by Crippen LogP contribution is -2.46. The van der Waals surface area contributed by atoms with E-state index in [1.165, 1.54) is 37.4 Å². The minimum Gasteiger partial charge on any atom is -0.495 e. The molecule has 1 amide bonds. The van der Waals surface area contributed by atoms with E-state index < -0.39 is 16.1 Å². The normalized spacial score (nSPS) is 15.4. The van der Waals surface area contributed by atoms with Crippen LogP contribution < -0.4 is 14.2 Å². The number of amides is 1. The number of nitrogens with one attached hydrogen (secondary N) is 1. The van der Waals surface area contributed by atoms with Crippen LogP contribution in [0.25, 0.3) is 0 Å². The second kappa shape index (κ2) is 9.55. The third-order valence-electron chi connectivity index (χ3n) is 4.52. The van der Waals surface area contributed by atoms with Crippen LogP contribution in [-0.4, -0.2) is 58.7 Å². The molecule has 1 atom stereocenters. The summed E-state index contributed by atoms with van der Waals surface area (Å²) in [7, 11) is -2.35. The summed E-state index contributed by atoms with van der Waals surface area (Å²) in [5.41, 5.74) is 0.311. The van der Waals surface area contributed by atoms with E-state index >= 15 is 0 Å². The second-order valence-electron chi connectivity index (χ2n) is 6.62. The average molecular weight is 455 g/mol. The molecule has 2 aromatic carbocycles. The first-order valence-corrected chi connectivity index (χ1v) is 11.2. The van der Waals surface area contributed by atoms with Gasteiger partial charge in [0.1, 0.15) is 11.5 Å². The van der Waals surface area contributed by atoms with Gasteiger partial charge < -0.3 is 19.1 Å². The minimum absolute atomic E-state index is 0.0500. The lowest BCUT2D eigenvalue weighted by Gasteiger charge is -2.29. The number of hydrogen-bond donors (Lipinski definition) is 1. The Labute approximate surface area is 180 Å². The molecule has 3 rings (SSSR count). The fourth-order valence-corrected chi connectivity index (χ4v) is 4.24. The molecule has 1 fully saturated rings. The molecule has 0 aromatic heterocycles. The Morgan fingerprint density at radius 3 is 2.43 bits per heavy atom.